The number of carbonyl (C=O) groups excluding carboxylic acids is 1. The molecule has 0 saturated carbocycles. The van der Waals surface area contributed by atoms with Crippen LogP contribution < -0.4 is 10.6 Å². The second-order valence-corrected chi connectivity index (χ2v) is 7.37. The molecule has 1 heterocycles. The number of halogens is 2. The Morgan fingerprint density at radius 3 is 2.30 bits per heavy atom. The highest BCUT2D eigenvalue weighted by molar-refractivity contribution is 6.34. The Morgan fingerprint density at radius 2 is 1.50 bits per heavy atom. The summed E-state index contributed by atoms with van der Waals surface area (Å²) in [4.78, 5) is 21.6. The lowest BCUT2D eigenvalue weighted by molar-refractivity contribution is 0.0955. The summed E-state index contributed by atoms with van der Waals surface area (Å²) in [6.45, 7) is 0.892. The molecule has 2 N–H and O–H groups in total. The van der Waals surface area contributed by atoms with E-state index in [1.54, 1.807) is 24.3 Å². The van der Waals surface area contributed by atoms with Crippen molar-refractivity contribution in [2.45, 2.75) is 0 Å². The smallest absolute Gasteiger partial charge is 0.252 e. The molecule has 1 amide bonds. The summed E-state index contributed by atoms with van der Waals surface area (Å²) < 4.78 is 0. The first-order valence-corrected chi connectivity index (χ1v) is 10.2. The van der Waals surface area contributed by atoms with Gasteiger partial charge in [-0.2, -0.15) is 0 Å². The number of para-hydroxylation sites is 1. The normalized spacial score (nSPS) is 10.7. The maximum Gasteiger partial charge on any atom is 0.252 e. The van der Waals surface area contributed by atoms with Gasteiger partial charge in [0.1, 0.15) is 5.82 Å². The van der Waals surface area contributed by atoms with Crippen LogP contribution in [-0.4, -0.2) is 29.0 Å². The zero-order valence-electron chi connectivity index (χ0n) is 15.9. The Morgan fingerprint density at radius 1 is 0.800 bits per heavy atom. The van der Waals surface area contributed by atoms with Crippen molar-refractivity contribution in [2.75, 3.05) is 18.4 Å². The Labute approximate surface area is 184 Å². The van der Waals surface area contributed by atoms with Gasteiger partial charge < -0.3 is 10.6 Å². The number of nitrogens with one attached hydrogen (secondary N) is 2. The monoisotopic (exact) mass is 436 g/mol. The molecule has 0 aliphatic heterocycles. The first-order chi connectivity index (χ1) is 14.6. The van der Waals surface area contributed by atoms with E-state index >= 15 is 0 Å². The molecule has 1 aromatic heterocycles. The quantitative estimate of drug-likeness (QED) is 0.394. The van der Waals surface area contributed by atoms with Crippen LogP contribution in [0.3, 0.4) is 0 Å². The lowest BCUT2D eigenvalue weighted by Gasteiger charge is -2.12. The topological polar surface area (TPSA) is 66.9 Å². The van der Waals surface area contributed by atoms with E-state index in [4.69, 9.17) is 23.2 Å². The fourth-order valence-electron chi connectivity index (χ4n) is 3.07. The van der Waals surface area contributed by atoms with Crippen molar-refractivity contribution in [1.82, 2.24) is 15.3 Å². The molecule has 0 aliphatic carbocycles. The van der Waals surface area contributed by atoms with Gasteiger partial charge in [-0.15, -0.1) is 0 Å². The molecule has 0 aliphatic rings. The van der Waals surface area contributed by atoms with Crippen LogP contribution in [0.4, 0.5) is 5.82 Å². The van der Waals surface area contributed by atoms with Crippen molar-refractivity contribution in [1.29, 1.82) is 0 Å². The molecule has 4 rings (SSSR count). The number of amides is 1. The van der Waals surface area contributed by atoms with E-state index in [1.165, 1.54) is 0 Å². The van der Waals surface area contributed by atoms with E-state index in [0.29, 0.717) is 40.3 Å². The molecule has 5 nitrogen and oxygen atoms in total. The van der Waals surface area contributed by atoms with Gasteiger partial charge in [0.25, 0.3) is 5.91 Å². The molecule has 0 unspecified atom stereocenters. The fourth-order valence-corrected chi connectivity index (χ4v) is 3.51. The lowest BCUT2D eigenvalue weighted by atomic mass is 10.2. The lowest BCUT2D eigenvalue weighted by Crippen LogP contribution is -2.29. The fraction of sp³-hybridized carbons (Fsp3) is 0.0870. The Hall–Kier alpha value is -3.15. The molecule has 0 spiro atoms. The predicted octanol–water partition coefficient (Wildman–Crippen LogP) is 5.45. The highest BCUT2D eigenvalue weighted by atomic mass is 35.5. The average molecular weight is 437 g/mol. The zero-order valence-corrected chi connectivity index (χ0v) is 17.4. The van der Waals surface area contributed by atoms with E-state index in [-0.39, 0.29) is 5.91 Å². The number of hydrogen-bond donors (Lipinski definition) is 2. The van der Waals surface area contributed by atoms with Crippen LogP contribution in [0.15, 0.2) is 72.8 Å². The molecular weight excluding hydrogens is 419 g/mol. The Bertz CT molecular complexity index is 1210. The molecular formula is C23H18Cl2N4O. The van der Waals surface area contributed by atoms with Crippen molar-refractivity contribution in [3.05, 3.63) is 88.4 Å². The maximum atomic E-state index is 12.3. The Balaban J connectivity index is 1.52. The summed E-state index contributed by atoms with van der Waals surface area (Å²) in [5, 5.41) is 8.07. The summed E-state index contributed by atoms with van der Waals surface area (Å²) in [6.07, 6.45) is 0. The van der Waals surface area contributed by atoms with Gasteiger partial charge in [0.2, 0.25) is 0 Å². The molecule has 0 atom stereocenters. The van der Waals surface area contributed by atoms with Crippen LogP contribution in [0, 0.1) is 0 Å². The number of rotatable bonds is 6. The summed E-state index contributed by atoms with van der Waals surface area (Å²) in [5.41, 5.74) is 2.03. The van der Waals surface area contributed by atoms with Gasteiger partial charge in [0, 0.05) is 24.0 Å². The predicted molar refractivity (Wildman–Crippen MR) is 122 cm³/mol. The van der Waals surface area contributed by atoms with Gasteiger partial charge >= 0.3 is 0 Å². The first kappa shape index (κ1) is 20.1. The molecule has 4 aromatic rings. The van der Waals surface area contributed by atoms with Crippen LogP contribution in [0.25, 0.3) is 22.3 Å². The van der Waals surface area contributed by atoms with Crippen LogP contribution in [0.1, 0.15) is 10.4 Å². The summed E-state index contributed by atoms with van der Waals surface area (Å²) >= 11 is 12.4. The molecule has 7 heteroatoms. The molecule has 0 saturated heterocycles. The second kappa shape index (κ2) is 9.11. The van der Waals surface area contributed by atoms with Crippen molar-refractivity contribution >= 4 is 45.8 Å². The van der Waals surface area contributed by atoms with Crippen molar-refractivity contribution in [3.8, 4) is 11.4 Å². The number of carbonyl (C=O) groups is 1. The third kappa shape index (κ3) is 4.37. The maximum absolute atomic E-state index is 12.3. The molecule has 150 valence electrons. The van der Waals surface area contributed by atoms with Gasteiger partial charge in [-0.3, -0.25) is 4.79 Å². The SMILES string of the molecule is O=C(NCCNc1nc(-c2ccccc2Cl)nc2ccccc12)c1ccccc1Cl. The minimum absolute atomic E-state index is 0.216. The van der Waals surface area contributed by atoms with E-state index in [1.807, 2.05) is 48.5 Å². The van der Waals surface area contributed by atoms with E-state index < -0.39 is 0 Å². The minimum Gasteiger partial charge on any atom is -0.368 e. The first-order valence-electron chi connectivity index (χ1n) is 9.42. The molecule has 0 radical (unpaired) electrons. The van der Waals surface area contributed by atoms with Crippen LogP contribution in [0.5, 0.6) is 0 Å². The van der Waals surface area contributed by atoms with Crippen molar-refractivity contribution in [3.63, 3.8) is 0 Å². The van der Waals surface area contributed by atoms with Crippen molar-refractivity contribution in [2.24, 2.45) is 0 Å². The zero-order chi connectivity index (χ0) is 20.9. The number of anilines is 1. The highest BCUT2D eigenvalue weighted by Gasteiger charge is 2.12. The van der Waals surface area contributed by atoms with E-state index in [2.05, 4.69) is 20.6 Å². The standard InChI is InChI=1S/C23H18Cl2N4O/c24-18-10-4-1-7-15(18)22-28-20-12-6-3-9-17(20)21(29-22)26-13-14-27-23(30)16-8-2-5-11-19(16)25/h1-12H,13-14H2,(H,27,30)(H,26,28,29). The van der Waals surface area contributed by atoms with Gasteiger partial charge in [-0.25, -0.2) is 9.97 Å². The average Bonchev–Trinajstić information content (AvgIpc) is 2.77. The molecule has 0 fully saturated rings. The van der Waals surface area contributed by atoms with Crippen LogP contribution >= 0.6 is 23.2 Å². The summed E-state index contributed by atoms with van der Waals surface area (Å²) in [5.74, 6) is 1.01. The van der Waals surface area contributed by atoms with E-state index in [0.717, 1.165) is 16.5 Å². The molecule has 30 heavy (non-hydrogen) atoms. The number of nitrogens with zero attached hydrogens (tertiary/aromatic N) is 2. The number of aromatic nitrogens is 2. The molecule has 0 bridgehead atoms. The second-order valence-electron chi connectivity index (χ2n) is 6.56. The van der Waals surface area contributed by atoms with Gasteiger partial charge in [-0.05, 0) is 36.4 Å². The van der Waals surface area contributed by atoms with E-state index in [9.17, 15) is 4.79 Å². The van der Waals surface area contributed by atoms with Gasteiger partial charge in [-0.1, -0.05) is 59.6 Å². The largest absolute Gasteiger partial charge is 0.368 e. The van der Waals surface area contributed by atoms with Crippen LogP contribution in [0.2, 0.25) is 10.0 Å². The number of fused-ring (bicyclic) bond motifs is 1. The molecule has 3 aromatic carbocycles. The third-order valence-electron chi connectivity index (χ3n) is 4.54. The highest BCUT2D eigenvalue weighted by Crippen LogP contribution is 2.29. The van der Waals surface area contributed by atoms with Crippen molar-refractivity contribution < 1.29 is 4.79 Å². The number of benzene rings is 3. The van der Waals surface area contributed by atoms with Gasteiger partial charge in [0.05, 0.1) is 21.1 Å². The summed E-state index contributed by atoms with van der Waals surface area (Å²) in [6, 6.07) is 22.2. The van der Waals surface area contributed by atoms with Gasteiger partial charge in [0.15, 0.2) is 5.82 Å². The number of hydrogen-bond acceptors (Lipinski definition) is 4. The third-order valence-corrected chi connectivity index (χ3v) is 5.20. The minimum atomic E-state index is -0.216. The Kier molecular flexibility index (Phi) is 6.12. The van der Waals surface area contributed by atoms with Crippen LogP contribution in [-0.2, 0) is 0 Å². The summed E-state index contributed by atoms with van der Waals surface area (Å²) in [7, 11) is 0.